The number of nitrogens with one attached hydrogen (secondary N) is 1. The smallest absolute Gasteiger partial charge is 0.0586 e. The van der Waals surface area contributed by atoms with Gasteiger partial charge < -0.3 is 10.1 Å². The lowest BCUT2D eigenvalue weighted by Gasteiger charge is -2.43. The number of rotatable bonds is 3. The van der Waals surface area contributed by atoms with E-state index in [-0.39, 0.29) is 5.41 Å². The summed E-state index contributed by atoms with van der Waals surface area (Å²) in [7, 11) is 0. The summed E-state index contributed by atoms with van der Waals surface area (Å²) in [4.78, 5) is 4.24. The van der Waals surface area contributed by atoms with Crippen molar-refractivity contribution >= 4 is 0 Å². The van der Waals surface area contributed by atoms with Crippen molar-refractivity contribution in [3.63, 3.8) is 0 Å². The average molecular weight is 218 g/mol. The van der Waals surface area contributed by atoms with E-state index in [1.807, 2.05) is 18.5 Å². The molecule has 0 bridgehead atoms. The number of hydrogen-bond donors (Lipinski definition) is 1. The average Bonchev–Trinajstić information content (AvgIpc) is 2.77. The molecule has 3 heteroatoms. The highest BCUT2D eigenvalue weighted by atomic mass is 16.5. The molecule has 86 valence electrons. The standard InChI is InChI=1S/C13H18N2O/c1-2-12(8-14-4-1)13(9-16-10-13)6-11-3-5-15-7-11/h1-2,4,8,11,15H,3,5-7,9-10H2. The van der Waals surface area contributed by atoms with Crippen LogP contribution in [0.3, 0.4) is 0 Å². The minimum Gasteiger partial charge on any atom is -0.379 e. The van der Waals surface area contributed by atoms with Crippen LogP contribution in [-0.2, 0) is 10.2 Å². The lowest BCUT2D eigenvalue weighted by atomic mass is 9.72. The molecule has 0 radical (unpaired) electrons. The molecule has 0 aliphatic carbocycles. The van der Waals surface area contributed by atoms with Gasteiger partial charge in [-0.25, -0.2) is 0 Å². The SMILES string of the molecule is c1cncc(C2(CC3CCNC3)COC2)c1. The van der Waals surface area contributed by atoms with E-state index in [0.717, 1.165) is 19.1 Å². The summed E-state index contributed by atoms with van der Waals surface area (Å²) >= 11 is 0. The van der Waals surface area contributed by atoms with Gasteiger partial charge in [-0.15, -0.1) is 0 Å². The Hall–Kier alpha value is -0.930. The predicted octanol–water partition coefficient (Wildman–Crippen LogP) is 1.35. The fraction of sp³-hybridized carbons (Fsp3) is 0.615. The van der Waals surface area contributed by atoms with E-state index < -0.39 is 0 Å². The number of hydrogen-bond acceptors (Lipinski definition) is 3. The first-order valence-corrected chi connectivity index (χ1v) is 6.08. The van der Waals surface area contributed by atoms with E-state index in [1.165, 1.54) is 31.5 Å². The van der Waals surface area contributed by atoms with Gasteiger partial charge in [0.15, 0.2) is 0 Å². The van der Waals surface area contributed by atoms with E-state index >= 15 is 0 Å². The van der Waals surface area contributed by atoms with E-state index in [1.54, 1.807) is 0 Å². The largest absolute Gasteiger partial charge is 0.379 e. The summed E-state index contributed by atoms with van der Waals surface area (Å²) in [6, 6.07) is 4.22. The van der Waals surface area contributed by atoms with Gasteiger partial charge in [0.25, 0.3) is 0 Å². The van der Waals surface area contributed by atoms with Gasteiger partial charge in [-0.2, -0.15) is 0 Å². The molecule has 3 nitrogen and oxygen atoms in total. The van der Waals surface area contributed by atoms with Crippen LogP contribution in [-0.4, -0.2) is 31.3 Å². The van der Waals surface area contributed by atoms with Crippen molar-refractivity contribution < 1.29 is 4.74 Å². The zero-order valence-electron chi connectivity index (χ0n) is 9.48. The Bertz CT molecular complexity index is 342. The van der Waals surface area contributed by atoms with Gasteiger partial charge in [0.2, 0.25) is 0 Å². The van der Waals surface area contributed by atoms with Crippen molar-refractivity contribution in [2.45, 2.75) is 18.3 Å². The van der Waals surface area contributed by atoms with Crippen molar-refractivity contribution in [3.8, 4) is 0 Å². The molecule has 1 N–H and O–H groups in total. The summed E-state index contributed by atoms with van der Waals surface area (Å²) in [5.41, 5.74) is 1.61. The van der Waals surface area contributed by atoms with Gasteiger partial charge in [-0.3, -0.25) is 4.98 Å². The molecule has 2 saturated heterocycles. The minimum absolute atomic E-state index is 0.255. The molecule has 1 aromatic rings. The first-order valence-electron chi connectivity index (χ1n) is 6.08. The highest BCUT2D eigenvalue weighted by Gasteiger charge is 2.42. The first-order chi connectivity index (χ1) is 7.89. The Morgan fingerprint density at radius 3 is 3.00 bits per heavy atom. The van der Waals surface area contributed by atoms with Crippen LogP contribution in [0.5, 0.6) is 0 Å². The Labute approximate surface area is 96.2 Å². The summed E-state index contributed by atoms with van der Waals surface area (Å²) in [6.45, 7) is 4.08. The molecule has 16 heavy (non-hydrogen) atoms. The van der Waals surface area contributed by atoms with E-state index in [9.17, 15) is 0 Å². The Morgan fingerprint density at radius 2 is 2.44 bits per heavy atom. The van der Waals surface area contributed by atoms with Crippen LogP contribution >= 0.6 is 0 Å². The van der Waals surface area contributed by atoms with Gasteiger partial charge in [0.05, 0.1) is 13.2 Å². The second-order valence-corrected chi connectivity index (χ2v) is 5.08. The zero-order valence-corrected chi connectivity index (χ0v) is 9.48. The summed E-state index contributed by atoms with van der Waals surface area (Å²) in [5.74, 6) is 0.809. The number of ether oxygens (including phenoxy) is 1. The van der Waals surface area contributed by atoms with E-state index in [2.05, 4.69) is 16.4 Å². The molecule has 0 spiro atoms. The summed E-state index contributed by atoms with van der Waals surface area (Å²) in [6.07, 6.45) is 6.40. The molecule has 1 unspecified atom stereocenters. The van der Waals surface area contributed by atoms with Gasteiger partial charge in [0, 0.05) is 17.8 Å². The van der Waals surface area contributed by atoms with E-state index in [4.69, 9.17) is 4.74 Å². The van der Waals surface area contributed by atoms with Crippen LogP contribution < -0.4 is 5.32 Å². The number of aromatic nitrogens is 1. The summed E-state index contributed by atoms with van der Waals surface area (Å²) in [5, 5.41) is 3.44. The van der Waals surface area contributed by atoms with Crippen molar-refractivity contribution in [2.75, 3.05) is 26.3 Å². The lowest BCUT2D eigenvalue weighted by Crippen LogP contribution is -2.48. The molecule has 2 aliphatic heterocycles. The molecule has 1 atom stereocenters. The van der Waals surface area contributed by atoms with Crippen molar-refractivity contribution in [3.05, 3.63) is 30.1 Å². The Morgan fingerprint density at radius 1 is 1.50 bits per heavy atom. The normalized spacial score (nSPS) is 27.6. The number of pyridine rings is 1. The molecule has 3 heterocycles. The van der Waals surface area contributed by atoms with Crippen LogP contribution in [0.25, 0.3) is 0 Å². The van der Waals surface area contributed by atoms with Gasteiger partial charge in [0.1, 0.15) is 0 Å². The van der Waals surface area contributed by atoms with Crippen LogP contribution in [0, 0.1) is 5.92 Å². The Kier molecular flexibility index (Phi) is 2.65. The van der Waals surface area contributed by atoms with Crippen LogP contribution in [0.1, 0.15) is 18.4 Å². The third kappa shape index (κ3) is 1.74. The van der Waals surface area contributed by atoms with Gasteiger partial charge >= 0.3 is 0 Å². The molecule has 0 aromatic carbocycles. The fourth-order valence-corrected chi connectivity index (χ4v) is 2.87. The zero-order chi connectivity index (χ0) is 10.8. The monoisotopic (exact) mass is 218 g/mol. The maximum atomic E-state index is 5.45. The van der Waals surface area contributed by atoms with Crippen LogP contribution in [0.2, 0.25) is 0 Å². The molecule has 1 aromatic heterocycles. The topological polar surface area (TPSA) is 34.2 Å². The Balaban J connectivity index is 1.77. The second-order valence-electron chi connectivity index (χ2n) is 5.08. The van der Waals surface area contributed by atoms with Crippen molar-refractivity contribution in [2.24, 2.45) is 5.92 Å². The van der Waals surface area contributed by atoms with Crippen molar-refractivity contribution in [1.82, 2.24) is 10.3 Å². The second kappa shape index (κ2) is 4.15. The highest BCUT2D eigenvalue weighted by Crippen LogP contribution is 2.39. The van der Waals surface area contributed by atoms with Crippen LogP contribution in [0.4, 0.5) is 0 Å². The predicted molar refractivity (Wildman–Crippen MR) is 62.3 cm³/mol. The van der Waals surface area contributed by atoms with Gasteiger partial charge in [-0.1, -0.05) is 6.07 Å². The minimum atomic E-state index is 0.255. The maximum absolute atomic E-state index is 5.45. The number of nitrogens with zero attached hydrogens (tertiary/aromatic N) is 1. The molecule has 2 fully saturated rings. The van der Waals surface area contributed by atoms with Gasteiger partial charge in [-0.05, 0) is 43.5 Å². The molecule has 0 saturated carbocycles. The van der Waals surface area contributed by atoms with E-state index in [0.29, 0.717) is 0 Å². The summed E-state index contributed by atoms with van der Waals surface area (Å²) < 4.78 is 5.45. The highest BCUT2D eigenvalue weighted by molar-refractivity contribution is 5.25. The lowest BCUT2D eigenvalue weighted by molar-refractivity contribution is -0.0707. The van der Waals surface area contributed by atoms with Crippen LogP contribution in [0.15, 0.2) is 24.5 Å². The molecule has 0 amide bonds. The fourth-order valence-electron chi connectivity index (χ4n) is 2.87. The van der Waals surface area contributed by atoms with Crippen molar-refractivity contribution in [1.29, 1.82) is 0 Å². The molecule has 3 rings (SSSR count). The molecule has 2 aliphatic rings. The quantitative estimate of drug-likeness (QED) is 0.831. The third-order valence-corrected chi connectivity index (χ3v) is 3.87. The third-order valence-electron chi connectivity index (χ3n) is 3.87. The maximum Gasteiger partial charge on any atom is 0.0586 e. The molecular weight excluding hydrogens is 200 g/mol. The first kappa shape index (κ1) is 10.2. The molecular formula is C13H18N2O.